The van der Waals surface area contributed by atoms with Crippen LogP contribution in [0, 0.1) is 20.8 Å². The van der Waals surface area contributed by atoms with Crippen molar-refractivity contribution in [3.63, 3.8) is 0 Å². The average Bonchev–Trinajstić information content (AvgIpc) is 3.86. The van der Waals surface area contributed by atoms with Crippen LogP contribution in [0.1, 0.15) is 76.5 Å². The Hall–Kier alpha value is -6.95. The Bertz CT molecular complexity index is 2400. The molecule has 1 aliphatic carbocycles. The number of nitrogens with one attached hydrogen (secondary N) is 1. The summed E-state index contributed by atoms with van der Waals surface area (Å²) in [5.74, 6) is -1.02. The summed E-state index contributed by atoms with van der Waals surface area (Å²) in [6.07, 6.45) is 1.42. The molecule has 6 N–H and O–H groups in total. The van der Waals surface area contributed by atoms with Gasteiger partial charge in [-0.05, 0) is 133 Å². The van der Waals surface area contributed by atoms with Gasteiger partial charge in [0.25, 0.3) is 5.91 Å². The molecule has 0 bridgehead atoms. The molecule has 5 aromatic carbocycles. The van der Waals surface area contributed by atoms with E-state index in [0.29, 0.717) is 57.8 Å². The van der Waals surface area contributed by atoms with Crippen LogP contribution in [-0.4, -0.2) is 60.5 Å². The zero-order valence-corrected chi connectivity index (χ0v) is 31.7. The molecule has 0 aromatic heterocycles. The van der Waals surface area contributed by atoms with E-state index in [9.17, 15) is 29.1 Å². The molecule has 56 heavy (non-hydrogen) atoms. The molecule has 1 aliphatic heterocycles. The second kappa shape index (κ2) is 15.4. The van der Waals surface area contributed by atoms with E-state index in [-0.39, 0.29) is 24.2 Å². The monoisotopic (exact) mass is 754 g/mol. The lowest BCUT2D eigenvalue weighted by Gasteiger charge is -2.17. The number of fused-ring (bicyclic) bond motifs is 1. The van der Waals surface area contributed by atoms with Crippen LogP contribution in [0.25, 0.3) is 22.3 Å². The van der Waals surface area contributed by atoms with Crippen molar-refractivity contribution in [1.82, 2.24) is 4.90 Å². The molecular formula is C44H42N4O8. The third kappa shape index (κ3) is 7.67. The molecule has 0 radical (unpaired) electrons. The molecule has 286 valence electrons. The van der Waals surface area contributed by atoms with Crippen molar-refractivity contribution in [3.8, 4) is 33.8 Å². The number of rotatable bonds is 9. The number of nitrogens with two attached hydrogens (primary N) is 2. The molecule has 5 aromatic rings. The van der Waals surface area contributed by atoms with Gasteiger partial charge in [0.05, 0.1) is 16.5 Å². The second-order valence-corrected chi connectivity index (χ2v) is 14.1. The Balaban J connectivity index is 0.000000217. The van der Waals surface area contributed by atoms with Crippen LogP contribution in [0.5, 0.6) is 11.5 Å². The summed E-state index contributed by atoms with van der Waals surface area (Å²) in [6, 6.07) is 25.8. The lowest BCUT2D eigenvalue weighted by atomic mass is 9.89. The molecule has 1 saturated carbocycles. The normalized spacial score (nSPS) is 13.2. The van der Waals surface area contributed by atoms with Gasteiger partial charge in [-0.2, -0.15) is 0 Å². The van der Waals surface area contributed by atoms with Crippen molar-refractivity contribution in [1.29, 1.82) is 0 Å². The predicted molar refractivity (Wildman–Crippen MR) is 212 cm³/mol. The van der Waals surface area contributed by atoms with Gasteiger partial charge in [0.1, 0.15) is 0 Å². The maximum Gasteiger partial charge on any atom is 0.336 e. The first kappa shape index (κ1) is 38.8. The number of carboxylic acid groups (broad SMARTS) is 1. The van der Waals surface area contributed by atoms with Crippen molar-refractivity contribution >= 4 is 35.3 Å². The predicted octanol–water partition coefficient (Wildman–Crippen LogP) is 6.63. The van der Waals surface area contributed by atoms with Crippen molar-refractivity contribution in [2.45, 2.75) is 39.0 Å². The molecule has 12 nitrogen and oxygen atoms in total. The summed E-state index contributed by atoms with van der Waals surface area (Å²) in [7, 11) is 3.34. The van der Waals surface area contributed by atoms with Gasteiger partial charge in [-0.3, -0.25) is 19.2 Å². The number of hydrogen-bond acceptors (Lipinski definition) is 7. The number of hydrogen-bond donors (Lipinski definition) is 4. The fourth-order valence-electron chi connectivity index (χ4n) is 6.76. The molecule has 0 spiro atoms. The first-order chi connectivity index (χ1) is 26.6. The number of carbonyl (C=O) groups is 5. The molecule has 7 rings (SSSR count). The quantitative estimate of drug-likeness (QED) is 0.129. The molecule has 2 aliphatic rings. The molecule has 1 heterocycles. The minimum atomic E-state index is -1.08. The van der Waals surface area contributed by atoms with E-state index in [1.54, 1.807) is 74.8 Å². The number of benzene rings is 5. The van der Waals surface area contributed by atoms with Crippen LogP contribution in [0.2, 0.25) is 0 Å². The highest BCUT2D eigenvalue weighted by Crippen LogP contribution is 2.51. The van der Waals surface area contributed by atoms with Gasteiger partial charge < -0.3 is 36.3 Å². The third-order valence-corrected chi connectivity index (χ3v) is 10.4. The van der Waals surface area contributed by atoms with Gasteiger partial charge in [0.2, 0.25) is 24.5 Å². The number of carbonyl (C=O) groups excluding carboxylic acids is 4. The fourth-order valence-corrected chi connectivity index (χ4v) is 6.76. The zero-order valence-electron chi connectivity index (χ0n) is 31.7. The van der Waals surface area contributed by atoms with Crippen LogP contribution in [0.15, 0.2) is 91.0 Å². The number of aromatic carboxylic acids is 1. The van der Waals surface area contributed by atoms with Crippen molar-refractivity contribution < 1.29 is 38.6 Å². The zero-order chi connectivity index (χ0) is 40.5. The average molecular weight is 755 g/mol. The van der Waals surface area contributed by atoms with Crippen LogP contribution >= 0.6 is 0 Å². The Morgan fingerprint density at radius 3 is 1.88 bits per heavy atom. The Kier molecular flexibility index (Phi) is 10.7. The van der Waals surface area contributed by atoms with Crippen LogP contribution in [0.4, 0.5) is 5.69 Å². The molecule has 4 amide bonds. The standard InChI is InChI=1S/C27H24N2O6.C17H18N2O2/c1-29(2)24(30)17-5-3-16(4-6-17)21-14-19(8-9-20(21)25(31)32)28-26(33)27(11-12-27)18-7-10-22-23(13-18)35-15-34-22;1-9-8-14(15(17(19)21)11(3)10(9)2)12-4-6-13(7-5-12)16(18)20/h3-10,13-14H,11-12,15H2,1-2H3,(H,28,33)(H,31,32);4-8H,1-3H3,(H2,18,20)(H2,19,21). The van der Waals surface area contributed by atoms with Gasteiger partial charge in [0, 0.05) is 30.9 Å². The highest BCUT2D eigenvalue weighted by Gasteiger charge is 2.51. The summed E-state index contributed by atoms with van der Waals surface area (Å²) in [5, 5.41) is 12.7. The number of ether oxygens (including phenoxy) is 2. The number of primary amides is 2. The van der Waals surface area contributed by atoms with Crippen LogP contribution in [0.3, 0.4) is 0 Å². The smallest absolute Gasteiger partial charge is 0.336 e. The second-order valence-electron chi connectivity index (χ2n) is 14.1. The molecule has 0 atom stereocenters. The fraction of sp³-hybridized carbons (Fsp3) is 0.205. The van der Waals surface area contributed by atoms with E-state index >= 15 is 0 Å². The summed E-state index contributed by atoms with van der Waals surface area (Å²) >= 11 is 0. The lowest BCUT2D eigenvalue weighted by molar-refractivity contribution is -0.118. The van der Waals surface area contributed by atoms with Gasteiger partial charge in [-0.15, -0.1) is 0 Å². The highest BCUT2D eigenvalue weighted by atomic mass is 16.7. The minimum Gasteiger partial charge on any atom is -0.478 e. The number of aryl methyl sites for hydroxylation is 1. The van der Waals surface area contributed by atoms with Gasteiger partial charge in [0.15, 0.2) is 11.5 Å². The van der Waals surface area contributed by atoms with Crippen molar-refractivity contribution in [2.24, 2.45) is 11.5 Å². The maximum absolute atomic E-state index is 13.3. The van der Waals surface area contributed by atoms with Crippen molar-refractivity contribution in [3.05, 3.63) is 136 Å². The van der Waals surface area contributed by atoms with Crippen LogP contribution in [-0.2, 0) is 10.2 Å². The minimum absolute atomic E-state index is 0.103. The largest absolute Gasteiger partial charge is 0.478 e. The van der Waals surface area contributed by atoms with Gasteiger partial charge in [-0.1, -0.05) is 36.4 Å². The number of anilines is 1. The van der Waals surface area contributed by atoms with Crippen molar-refractivity contribution in [2.75, 3.05) is 26.2 Å². The SMILES string of the molecule is CN(C)C(=O)c1ccc(-c2cc(NC(=O)C3(c4ccc5c(c4)OCO5)CC3)ccc2C(=O)O)cc1.Cc1cc(-c2ccc(C(N)=O)cc2)c(C(N)=O)c(C)c1C. The Labute approximate surface area is 324 Å². The van der Waals surface area contributed by atoms with E-state index in [2.05, 4.69) is 5.32 Å². The number of amides is 4. The molecule has 0 unspecified atom stereocenters. The lowest BCUT2D eigenvalue weighted by Crippen LogP contribution is -2.27. The Morgan fingerprint density at radius 2 is 1.30 bits per heavy atom. The maximum atomic E-state index is 13.3. The van der Waals surface area contributed by atoms with Crippen LogP contribution < -0.4 is 26.3 Å². The highest BCUT2D eigenvalue weighted by molar-refractivity contribution is 6.04. The van der Waals surface area contributed by atoms with E-state index in [1.807, 2.05) is 45.0 Å². The van der Waals surface area contributed by atoms with E-state index in [4.69, 9.17) is 20.9 Å². The van der Waals surface area contributed by atoms with E-state index < -0.39 is 23.2 Å². The topological polar surface area (TPSA) is 191 Å². The summed E-state index contributed by atoms with van der Waals surface area (Å²) in [5.41, 5.74) is 18.8. The Morgan fingerprint density at radius 1 is 0.696 bits per heavy atom. The third-order valence-electron chi connectivity index (χ3n) is 10.4. The molecule has 12 heteroatoms. The number of nitrogens with zero attached hydrogens (tertiary/aromatic N) is 1. The first-order valence-corrected chi connectivity index (χ1v) is 17.8. The van der Waals surface area contributed by atoms with Gasteiger partial charge in [-0.25, -0.2) is 4.79 Å². The first-order valence-electron chi connectivity index (χ1n) is 17.8. The summed E-state index contributed by atoms with van der Waals surface area (Å²) in [6.45, 7) is 6.02. The van der Waals surface area contributed by atoms with E-state index in [0.717, 1.165) is 33.4 Å². The molecule has 0 saturated heterocycles. The summed E-state index contributed by atoms with van der Waals surface area (Å²) in [4.78, 5) is 61.8. The molecule has 1 fully saturated rings. The van der Waals surface area contributed by atoms with Gasteiger partial charge >= 0.3 is 5.97 Å². The summed E-state index contributed by atoms with van der Waals surface area (Å²) < 4.78 is 10.8. The van der Waals surface area contributed by atoms with E-state index in [1.165, 1.54) is 11.0 Å². The molecular weight excluding hydrogens is 713 g/mol. The number of carboxylic acids is 1.